The highest BCUT2D eigenvalue weighted by atomic mass is 16.2. The average molecular weight is 301 g/mol. The lowest BCUT2D eigenvalue weighted by Crippen LogP contribution is -2.57. The maximum absolute atomic E-state index is 10.3. The van der Waals surface area contributed by atoms with Gasteiger partial charge in [0.15, 0.2) is 0 Å². The normalized spacial score (nSPS) is 21.8. The third-order valence-corrected chi connectivity index (χ3v) is 2.74. The van der Waals surface area contributed by atoms with E-state index in [-0.39, 0.29) is 12.5 Å². The van der Waals surface area contributed by atoms with E-state index in [0.29, 0.717) is 13.0 Å². The van der Waals surface area contributed by atoms with Gasteiger partial charge in [-0.25, -0.2) is 10.9 Å². The second-order valence-corrected chi connectivity index (χ2v) is 4.52. The van der Waals surface area contributed by atoms with Gasteiger partial charge >= 0.3 is 5.91 Å². The molecule has 0 atom stereocenters. The van der Waals surface area contributed by atoms with Gasteiger partial charge in [-0.3, -0.25) is 25.2 Å². The number of amides is 2. The lowest BCUT2D eigenvalue weighted by molar-refractivity contribution is -0.140. The Morgan fingerprint density at radius 1 is 0.762 bits per heavy atom. The number of hydrogen-bond donors (Lipinski definition) is 7. The molecular formula is C11H23N7O3. The Morgan fingerprint density at radius 2 is 1.48 bits per heavy atom. The number of hydrazine groups is 4. The Kier molecular flexibility index (Phi) is 9.24. The summed E-state index contributed by atoms with van der Waals surface area (Å²) in [4.78, 5) is 30.8. The third kappa shape index (κ3) is 9.05. The number of piperidine rings is 1. The Hall–Kier alpha value is -1.59. The fraction of sp³-hybridized carbons (Fsp3) is 0.727. The second-order valence-electron chi connectivity index (χ2n) is 4.52. The summed E-state index contributed by atoms with van der Waals surface area (Å²) in [5.74, 6) is -1.01. The molecule has 0 aromatic rings. The topological polar surface area (TPSA) is 135 Å². The quantitative estimate of drug-likeness (QED) is 0.235. The molecule has 0 spiro atoms. The van der Waals surface area contributed by atoms with Crippen LogP contribution in [0.2, 0.25) is 0 Å². The molecule has 0 radical (unpaired) electrons. The van der Waals surface area contributed by atoms with Crippen LogP contribution in [-0.2, 0) is 14.4 Å². The van der Waals surface area contributed by atoms with E-state index in [1.54, 1.807) is 0 Å². The molecule has 3 heterocycles. The van der Waals surface area contributed by atoms with Crippen molar-refractivity contribution in [1.82, 2.24) is 38.1 Å². The summed E-state index contributed by atoms with van der Waals surface area (Å²) in [6.07, 6.45) is 4.78. The molecule has 0 saturated carbocycles. The largest absolute Gasteiger partial charge is 0.317 e. The van der Waals surface area contributed by atoms with Crippen LogP contribution in [0.4, 0.5) is 0 Å². The van der Waals surface area contributed by atoms with Crippen LogP contribution in [0.15, 0.2) is 0 Å². The summed E-state index contributed by atoms with van der Waals surface area (Å²) >= 11 is 0. The number of carbonyl (C=O) groups is 3. The maximum Gasteiger partial charge on any atom is 0.303 e. The fourth-order valence-electron chi connectivity index (χ4n) is 1.59. The maximum atomic E-state index is 10.3. The Balaban J connectivity index is 0.000000159. The first-order valence-corrected chi connectivity index (χ1v) is 6.98. The van der Waals surface area contributed by atoms with Crippen molar-refractivity contribution < 1.29 is 14.4 Å². The van der Waals surface area contributed by atoms with E-state index in [2.05, 4.69) is 38.1 Å². The van der Waals surface area contributed by atoms with Crippen LogP contribution < -0.4 is 38.1 Å². The highest BCUT2D eigenvalue weighted by Crippen LogP contribution is 1.96. The molecule has 3 aliphatic heterocycles. The smallest absolute Gasteiger partial charge is 0.303 e. The summed E-state index contributed by atoms with van der Waals surface area (Å²) < 4.78 is 0. The molecule has 0 aromatic carbocycles. The van der Waals surface area contributed by atoms with Gasteiger partial charge in [0.2, 0.25) is 11.7 Å². The van der Waals surface area contributed by atoms with Crippen molar-refractivity contribution >= 4 is 17.6 Å². The number of rotatable bonds is 0. The number of carbonyl (C=O) groups excluding carboxylic acids is 3. The number of hydrogen-bond acceptors (Lipinski definition) is 8. The van der Waals surface area contributed by atoms with Gasteiger partial charge in [0.1, 0.15) is 0 Å². The van der Waals surface area contributed by atoms with Gasteiger partial charge in [0.25, 0.3) is 0 Å². The molecular weight excluding hydrogens is 278 g/mol. The molecule has 10 nitrogen and oxygen atoms in total. The highest BCUT2D eigenvalue weighted by molar-refractivity contribution is 6.37. The number of ketones is 1. The van der Waals surface area contributed by atoms with Gasteiger partial charge in [-0.1, -0.05) is 6.42 Å². The van der Waals surface area contributed by atoms with Crippen molar-refractivity contribution in [1.29, 1.82) is 0 Å². The van der Waals surface area contributed by atoms with E-state index >= 15 is 0 Å². The first-order chi connectivity index (χ1) is 10.2. The third-order valence-electron chi connectivity index (χ3n) is 2.74. The van der Waals surface area contributed by atoms with Crippen LogP contribution >= 0.6 is 0 Å². The van der Waals surface area contributed by atoms with Crippen LogP contribution in [0, 0.1) is 0 Å². The zero-order valence-electron chi connectivity index (χ0n) is 11.9. The van der Waals surface area contributed by atoms with E-state index in [0.717, 1.165) is 0 Å². The molecule has 0 aromatic heterocycles. The molecule has 3 aliphatic rings. The van der Waals surface area contributed by atoms with Crippen molar-refractivity contribution in [3.05, 3.63) is 0 Å². The molecule has 3 fully saturated rings. The summed E-state index contributed by atoms with van der Waals surface area (Å²) in [6, 6.07) is 0. The lowest BCUT2D eigenvalue weighted by atomic mass is 10.2. The highest BCUT2D eigenvalue weighted by Gasteiger charge is 2.15. The first kappa shape index (κ1) is 17.5. The van der Waals surface area contributed by atoms with Crippen molar-refractivity contribution in [2.75, 3.05) is 26.2 Å². The second kappa shape index (κ2) is 11.1. The number of Topliss-reactive ketones (excluding diaryl/α,β-unsaturated/α-hetero) is 1. The van der Waals surface area contributed by atoms with E-state index in [1.165, 1.54) is 32.4 Å². The van der Waals surface area contributed by atoms with Crippen molar-refractivity contribution in [2.24, 2.45) is 0 Å². The van der Waals surface area contributed by atoms with Crippen LogP contribution in [0.3, 0.4) is 0 Å². The van der Waals surface area contributed by atoms with Gasteiger partial charge in [-0.2, -0.15) is 11.1 Å². The van der Waals surface area contributed by atoms with Crippen molar-refractivity contribution in [3.8, 4) is 0 Å². The monoisotopic (exact) mass is 301 g/mol. The van der Waals surface area contributed by atoms with E-state index in [1.807, 2.05) is 0 Å². The lowest BCUT2D eigenvalue weighted by Gasteiger charge is -2.12. The van der Waals surface area contributed by atoms with Crippen LogP contribution in [-0.4, -0.2) is 43.8 Å². The predicted molar refractivity (Wildman–Crippen MR) is 74.9 cm³/mol. The van der Waals surface area contributed by atoms with E-state index < -0.39 is 11.7 Å². The van der Waals surface area contributed by atoms with Crippen LogP contribution in [0.25, 0.3) is 0 Å². The zero-order valence-corrected chi connectivity index (χ0v) is 11.9. The summed E-state index contributed by atoms with van der Waals surface area (Å²) in [5.41, 5.74) is 14.4. The van der Waals surface area contributed by atoms with Gasteiger partial charge < -0.3 is 5.32 Å². The Morgan fingerprint density at radius 3 is 1.76 bits per heavy atom. The molecule has 3 saturated heterocycles. The standard InChI is InChI=1S/C5H11N.C3H5N3O2.C3H7N3O/c1-2-4-6-5-3-1;7-2-1-4-6-5-3(2)8;7-3-1-2-4-6-5-3/h6H,1-5H2;4,6H,1H2,(H,5,8);4,6H,1-2H2,(H,5,7). The molecule has 7 N–H and O–H groups in total. The molecule has 120 valence electrons. The fourth-order valence-corrected chi connectivity index (χ4v) is 1.59. The molecule has 10 heteroatoms. The van der Waals surface area contributed by atoms with E-state index in [9.17, 15) is 14.4 Å². The van der Waals surface area contributed by atoms with Crippen LogP contribution in [0.1, 0.15) is 25.7 Å². The zero-order chi connectivity index (χ0) is 15.3. The molecule has 0 aliphatic carbocycles. The van der Waals surface area contributed by atoms with Crippen LogP contribution in [0.5, 0.6) is 0 Å². The van der Waals surface area contributed by atoms with Crippen molar-refractivity contribution in [2.45, 2.75) is 25.7 Å². The van der Waals surface area contributed by atoms with E-state index in [4.69, 9.17) is 0 Å². The average Bonchev–Trinajstić information content (AvgIpc) is 2.54. The van der Waals surface area contributed by atoms with Gasteiger partial charge in [0.05, 0.1) is 6.54 Å². The number of nitrogens with one attached hydrogen (secondary N) is 7. The van der Waals surface area contributed by atoms with Crippen molar-refractivity contribution in [3.63, 3.8) is 0 Å². The molecule has 0 unspecified atom stereocenters. The summed E-state index contributed by atoms with van der Waals surface area (Å²) in [7, 11) is 0. The minimum Gasteiger partial charge on any atom is -0.317 e. The van der Waals surface area contributed by atoms with Gasteiger partial charge in [-0.05, 0) is 25.9 Å². The molecule has 21 heavy (non-hydrogen) atoms. The summed E-state index contributed by atoms with van der Waals surface area (Å²) in [6.45, 7) is 3.28. The molecule has 3 rings (SSSR count). The van der Waals surface area contributed by atoms with Gasteiger partial charge in [0, 0.05) is 13.0 Å². The van der Waals surface area contributed by atoms with Gasteiger partial charge in [-0.15, -0.1) is 0 Å². The minimum absolute atomic E-state index is 0.0405. The minimum atomic E-state index is -0.594. The first-order valence-electron chi connectivity index (χ1n) is 6.98. The Labute approximate surface area is 123 Å². The Bertz CT molecular complexity index is 311. The SMILES string of the molecule is C1CCNCC1.O=C1CCNNN1.O=C1CNNNC1=O. The molecule has 2 amide bonds. The predicted octanol–water partition coefficient (Wildman–Crippen LogP) is -3.03. The summed E-state index contributed by atoms with van der Waals surface area (Å²) in [5, 5.41) is 3.28. The molecule has 0 bridgehead atoms.